The van der Waals surface area contributed by atoms with E-state index in [4.69, 9.17) is 5.26 Å². The summed E-state index contributed by atoms with van der Waals surface area (Å²) >= 11 is 3.21. The lowest BCUT2D eigenvalue weighted by Crippen LogP contribution is -2.31. The highest BCUT2D eigenvalue weighted by molar-refractivity contribution is 9.10. The first-order valence-corrected chi connectivity index (χ1v) is 5.75. The van der Waals surface area contributed by atoms with Gasteiger partial charge in [0, 0.05) is 11.3 Å². The highest BCUT2D eigenvalue weighted by atomic mass is 79.9. The zero-order valence-corrected chi connectivity index (χ0v) is 11.4. The molecule has 0 unspecified atom stereocenters. The van der Waals surface area contributed by atoms with Gasteiger partial charge in [0.05, 0.1) is 16.0 Å². The van der Waals surface area contributed by atoms with Crippen molar-refractivity contribution in [3.8, 4) is 6.07 Å². The van der Waals surface area contributed by atoms with Crippen molar-refractivity contribution in [2.45, 2.75) is 25.1 Å². The summed E-state index contributed by atoms with van der Waals surface area (Å²) in [5.74, 6) is -0.804. The predicted octanol–water partition coefficient (Wildman–Crippen LogP) is 3.12. The Morgan fingerprint density at radius 3 is 2.59 bits per heavy atom. The number of alkyl halides is 1. The summed E-state index contributed by atoms with van der Waals surface area (Å²) in [4.78, 5) is 11.7. The van der Waals surface area contributed by atoms with E-state index in [1.54, 1.807) is 20.8 Å². The summed E-state index contributed by atoms with van der Waals surface area (Å²) in [5.41, 5.74) is 0.809. The van der Waals surface area contributed by atoms with Gasteiger partial charge in [-0.25, -0.2) is 4.39 Å². The van der Waals surface area contributed by atoms with E-state index in [1.165, 1.54) is 6.07 Å². The average Bonchev–Trinajstić information content (AvgIpc) is 2.22. The van der Waals surface area contributed by atoms with Crippen molar-refractivity contribution in [1.29, 1.82) is 5.26 Å². The summed E-state index contributed by atoms with van der Waals surface area (Å²) in [5, 5.41) is 11.3. The van der Waals surface area contributed by atoms with Crippen LogP contribution in [0.4, 0.5) is 10.1 Å². The Bertz CT molecular complexity index is 500. The molecule has 0 atom stereocenters. The molecule has 90 valence electrons. The number of nitrogens with one attached hydrogen (secondary N) is 1. The fraction of sp³-hybridized carbons (Fsp3) is 0.333. The molecule has 1 N–H and O–H groups in total. The van der Waals surface area contributed by atoms with Crippen LogP contribution in [0.5, 0.6) is 0 Å². The minimum absolute atomic E-state index is 0.177. The molecule has 1 aromatic rings. The molecule has 1 rings (SSSR count). The van der Waals surface area contributed by atoms with Crippen LogP contribution in [0.25, 0.3) is 0 Å². The topological polar surface area (TPSA) is 52.9 Å². The summed E-state index contributed by atoms with van der Waals surface area (Å²) in [6, 6.07) is 4.44. The molecule has 0 aliphatic heterocycles. The van der Waals surface area contributed by atoms with E-state index in [0.29, 0.717) is 11.3 Å². The average molecular weight is 299 g/mol. The van der Waals surface area contributed by atoms with Crippen LogP contribution in [0, 0.1) is 24.1 Å². The highest BCUT2D eigenvalue weighted by Gasteiger charge is 2.24. The Balaban J connectivity index is 3.12. The fourth-order valence-electron chi connectivity index (χ4n) is 1.14. The standard InChI is InChI=1S/C12H12BrFN2O/c1-7-9(14)4-8(6-15)5-10(7)16-11(17)12(2,3)13/h4-5H,1-3H3,(H,16,17). The van der Waals surface area contributed by atoms with Crippen LogP contribution >= 0.6 is 15.9 Å². The minimum Gasteiger partial charge on any atom is -0.324 e. The number of amides is 1. The molecule has 17 heavy (non-hydrogen) atoms. The summed E-state index contributed by atoms with van der Waals surface area (Å²) < 4.78 is 12.7. The number of hydrogen-bond acceptors (Lipinski definition) is 2. The number of rotatable bonds is 2. The molecular weight excluding hydrogens is 287 g/mol. The maximum absolute atomic E-state index is 13.5. The molecule has 1 aromatic carbocycles. The Morgan fingerprint density at radius 2 is 2.12 bits per heavy atom. The first-order chi connectivity index (χ1) is 7.75. The monoisotopic (exact) mass is 298 g/mol. The van der Waals surface area contributed by atoms with Crippen molar-refractivity contribution in [2.24, 2.45) is 0 Å². The van der Waals surface area contributed by atoms with E-state index in [2.05, 4.69) is 21.2 Å². The van der Waals surface area contributed by atoms with E-state index in [-0.39, 0.29) is 11.5 Å². The molecule has 1 amide bonds. The van der Waals surface area contributed by atoms with Gasteiger partial charge in [-0.15, -0.1) is 0 Å². The molecule has 3 nitrogen and oxygen atoms in total. The van der Waals surface area contributed by atoms with Crippen LogP contribution in [-0.4, -0.2) is 10.2 Å². The van der Waals surface area contributed by atoms with Crippen LogP contribution in [0.2, 0.25) is 0 Å². The third-order valence-electron chi connectivity index (χ3n) is 2.26. The molecule has 0 radical (unpaired) electrons. The normalized spacial score (nSPS) is 10.8. The largest absolute Gasteiger partial charge is 0.324 e. The second-order valence-corrected chi connectivity index (χ2v) is 6.15. The SMILES string of the molecule is Cc1c(F)cc(C#N)cc1NC(=O)C(C)(C)Br. The second-order valence-electron chi connectivity index (χ2n) is 4.17. The van der Waals surface area contributed by atoms with Gasteiger partial charge in [0.1, 0.15) is 5.82 Å². The quantitative estimate of drug-likeness (QED) is 0.853. The first kappa shape index (κ1) is 13.7. The number of anilines is 1. The highest BCUT2D eigenvalue weighted by Crippen LogP contribution is 2.24. The van der Waals surface area contributed by atoms with Crippen LogP contribution in [0.1, 0.15) is 25.0 Å². The predicted molar refractivity (Wildman–Crippen MR) is 67.5 cm³/mol. The maximum Gasteiger partial charge on any atom is 0.240 e. The van der Waals surface area contributed by atoms with Crippen molar-refractivity contribution in [3.63, 3.8) is 0 Å². The van der Waals surface area contributed by atoms with Gasteiger partial charge >= 0.3 is 0 Å². The zero-order valence-electron chi connectivity index (χ0n) is 9.77. The molecule has 0 aliphatic rings. The summed E-state index contributed by atoms with van der Waals surface area (Å²) in [6.07, 6.45) is 0. The van der Waals surface area contributed by atoms with Gasteiger partial charge in [0.15, 0.2) is 0 Å². The van der Waals surface area contributed by atoms with E-state index in [9.17, 15) is 9.18 Å². The fourth-order valence-corrected chi connectivity index (χ4v) is 1.24. The van der Waals surface area contributed by atoms with Crippen molar-refractivity contribution >= 4 is 27.5 Å². The smallest absolute Gasteiger partial charge is 0.240 e. The number of carbonyl (C=O) groups is 1. The van der Waals surface area contributed by atoms with Gasteiger partial charge in [-0.05, 0) is 32.9 Å². The maximum atomic E-state index is 13.5. The number of halogens is 2. The third-order valence-corrected chi connectivity index (χ3v) is 2.62. The molecule has 0 aliphatic carbocycles. The van der Waals surface area contributed by atoms with Gasteiger partial charge in [-0.1, -0.05) is 15.9 Å². The first-order valence-electron chi connectivity index (χ1n) is 4.96. The molecule has 0 saturated carbocycles. The zero-order chi connectivity index (χ0) is 13.2. The van der Waals surface area contributed by atoms with E-state index in [0.717, 1.165) is 6.07 Å². The Labute approximate surface area is 108 Å². The van der Waals surface area contributed by atoms with Crippen LogP contribution in [-0.2, 0) is 4.79 Å². The lowest BCUT2D eigenvalue weighted by Gasteiger charge is -2.17. The second kappa shape index (κ2) is 4.84. The number of carbonyl (C=O) groups excluding carboxylic acids is 1. The molecule has 0 saturated heterocycles. The van der Waals surface area contributed by atoms with Crippen molar-refractivity contribution in [1.82, 2.24) is 0 Å². The molecule has 0 heterocycles. The number of benzene rings is 1. The van der Waals surface area contributed by atoms with Crippen LogP contribution < -0.4 is 5.32 Å². The Hall–Kier alpha value is -1.41. The molecular formula is C12H12BrFN2O. The van der Waals surface area contributed by atoms with Gasteiger partial charge < -0.3 is 5.32 Å². The van der Waals surface area contributed by atoms with Gasteiger partial charge in [-0.2, -0.15) is 5.26 Å². The number of nitrogens with zero attached hydrogens (tertiary/aromatic N) is 1. The number of nitriles is 1. The van der Waals surface area contributed by atoms with Crippen LogP contribution in [0.15, 0.2) is 12.1 Å². The number of hydrogen-bond donors (Lipinski definition) is 1. The molecule has 0 fully saturated rings. The van der Waals surface area contributed by atoms with Gasteiger partial charge in [0.25, 0.3) is 0 Å². The van der Waals surface area contributed by atoms with Crippen molar-refractivity contribution < 1.29 is 9.18 Å². The van der Waals surface area contributed by atoms with E-state index in [1.807, 2.05) is 6.07 Å². The van der Waals surface area contributed by atoms with Crippen molar-refractivity contribution in [2.75, 3.05) is 5.32 Å². The summed E-state index contributed by atoms with van der Waals surface area (Å²) in [7, 11) is 0. The summed E-state index contributed by atoms with van der Waals surface area (Å²) in [6.45, 7) is 4.91. The molecule has 5 heteroatoms. The van der Waals surface area contributed by atoms with E-state index >= 15 is 0 Å². The lowest BCUT2D eigenvalue weighted by atomic mass is 10.1. The third kappa shape index (κ3) is 3.27. The van der Waals surface area contributed by atoms with E-state index < -0.39 is 10.1 Å². The lowest BCUT2D eigenvalue weighted by molar-refractivity contribution is -0.117. The molecule has 0 spiro atoms. The van der Waals surface area contributed by atoms with Gasteiger partial charge in [0.2, 0.25) is 5.91 Å². The minimum atomic E-state index is -0.751. The Kier molecular flexibility index (Phi) is 3.89. The van der Waals surface area contributed by atoms with Gasteiger partial charge in [-0.3, -0.25) is 4.79 Å². The van der Waals surface area contributed by atoms with Crippen molar-refractivity contribution in [3.05, 3.63) is 29.1 Å². The Morgan fingerprint density at radius 1 is 1.53 bits per heavy atom. The molecule has 0 aromatic heterocycles. The van der Waals surface area contributed by atoms with Crippen LogP contribution in [0.3, 0.4) is 0 Å². The molecule has 0 bridgehead atoms.